The Morgan fingerprint density at radius 2 is 1.82 bits per heavy atom. The number of hydrogen-bond donors (Lipinski definition) is 1. The molecular formula is C18H23F3N2O4S. The maximum Gasteiger partial charge on any atom is 0.416 e. The first-order valence-electron chi connectivity index (χ1n) is 8.89. The SMILES string of the molecule is CCCS(=O)(=O)NC(=O)C1(C)CCCN(C(=O)c2ccc(C(F)(F)F)cc2)C1. The van der Waals surface area contributed by atoms with Crippen molar-refractivity contribution in [2.75, 3.05) is 18.8 Å². The Hall–Kier alpha value is -2.10. The lowest BCUT2D eigenvalue weighted by molar-refractivity contribution is -0.137. The van der Waals surface area contributed by atoms with E-state index in [4.69, 9.17) is 0 Å². The zero-order valence-electron chi connectivity index (χ0n) is 15.7. The van der Waals surface area contributed by atoms with Crippen LogP contribution >= 0.6 is 0 Å². The number of carbonyl (C=O) groups excluding carboxylic acids is 2. The molecule has 156 valence electrons. The van der Waals surface area contributed by atoms with Gasteiger partial charge in [-0.1, -0.05) is 6.92 Å². The Labute approximate surface area is 162 Å². The first kappa shape index (κ1) is 22.2. The van der Waals surface area contributed by atoms with Gasteiger partial charge in [-0.15, -0.1) is 0 Å². The van der Waals surface area contributed by atoms with E-state index in [-0.39, 0.29) is 17.9 Å². The molecule has 0 aliphatic carbocycles. The highest BCUT2D eigenvalue weighted by molar-refractivity contribution is 7.90. The van der Waals surface area contributed by atoms with Crippen molar-refractivity contribution >= 4 is 21.8 Å². The molecule has 1 aliphatic rings. The molecule has 0 bridgehead atoms. The van der Waals surface area contributed by atoms with Gasteiger partial charge in [-0.25, -0.2) is 8.42 Å². The fourth-order valence-electron chi connectivity index (χ4n) is 3.17. The zero-order chi connectivity index (χ0) is 21.2. The van der Waals surface area contributed by atoms with Crippen molar-refractivity contribution < 1.29 is 31.2 Å². The first-order valence-corrected chi connectivity index (χ1v) is 10.5. The molecule has 1 aromatic rings. The van der Waals surface area contributed by atoms with Crippen LogP contribution in [-0.4, -0.2) is 44.0 Å². The fraction of sp³-hybridized carbons (Fsp3) is 0.556. The highest BCUT2D eigenvalue weighted by atomic mass is 32.2. The molecule has 2 rings (SSSR count). The van der Waals surface area contributed by atoms with Crippen LogP contribution in [0.25, 0.3) is 0 Å². The lowest BCUT2D eigenvalue weighted by Crippen LogP contribution is -2.53. The lowest BCUT2D eigenvalue weighted by Gasteiger charge is -2.39. The molecule has 0 spiro atoms. The first-order chi connectivity index (χ1) is 12.9. The normalized spacial score (nSPS) is 20.7. The van der Waals surface area contributed by atoms with E-state index >= 15 is 0 Å². The number of hydrogen-bond acceptors (Lipinski definition) is 4. The summed E-state index contributed by atoms with van der Waals surface area (Å²) < 4.78 is 63.8. The largest absolute Gasteiger partial charge is 0.416 e. The van der Waals surface area contributed by atoms with Crippen LogP contribution < -0.4 is 4.72 Å². The highest BCUT2D eigenvalue weighted by Gasteiger charge is 2.41. The van der Waals surface area contributed by atoms with E-state index in [1.54, 1.807) is 13.8 Å². The average Bonchev–Trinajstić information content (AvgIpc) is 2.60. The number of nitrogens with one attached hydrogen (secondary N) is 1. The predicted molar refractivity (Wildman–Crippen MR) is 96.9 cm³/mol. The third kappa shape index (κ3) is 5.24. The number of nitrogens with zero attached hydrogens (tertiary/aromatic N) is 1. The molecule has 0 aromatic heterocycles. The average molecular weight is 420 g/mol. The van der Waals surface area contributed by atoms with Gasteiger partial charge in [0.15, 0.2) is 0 Å². The maximum absolute atomic E-state index is 12.7. The minimum absolute atomic E-state index is 0.0136. The van der Waals surface area contributed by atoms with Gasteiger partial charge < -0.3 is 4.90 Å². The Morgan fingerprint density at radius 1 is 1.21 bits per heavy atom. The van der Waals surface area contributed by atoms with Gasteiger partial charge in [0.05, 0.1) is 16.7 Å². The molecule has 1 N–H and O–H groups in total. The smallest absolute Gasteiger partial charge is 0.338 e. The standard InChI is InChI=1S/C18H23F3N2O4S/c1-3-11-28(26,27)22-16(25)17(2)9-4-10-23(12-17)15(24)13-5-7-14(8-6-13)18(19,20)21/h5-8H,3-4,9-12H2,1-2H3,(H,22,25). The van der Waals surface area contributed by atoms with Gasteiger partial charge >= 0.3 is 6.18 Å². The monoisotopic (exact) mass is 420 g/mol. The molecule has 10 heteroatoms. The zero-order valence-corrected chi connectivity index (χ0v) is 16.5. The summed E-state index contributed by atoms with van der Waals surface area (Å²) in [6.45, 7) is 3.58. The number of alkyl halides is 3. The molecule has 0 saturated carbocycles. The molecule has 0 radical (unpaired) electrons. The van der Waals surface area contributed by atoms with E-state index in [0.717, 1.165) is 24.3 Å². The summed E-state index contributed by atoms with van der Waals surface area (Å²) in [5.41, 5.74) is -1.87. The summed E-state index contributed by atoms with van der Waals surface area (Å²) in [5, 5.41) is 0. The Bertz CT molecular complexity index is 837. The second-order valence-corrected chi connectivity index (χ2v) is 9.06. The van der Waals surface area contributed by atoms with E-state index in [9.17, 15) is 31.2 Å². The number of likely N-dealkylation sites (tertiary alicyclic amines) is 1. The van der Waals surface area contributed by atoms with E-state index in [0.29, 0.717) is 25.8 Å². The molecule has 1 aromatic carbocycles. The highest BCUT2D eigenvalue weighted by Crippen LogP contribution is 2.32. The van der Waals surface area contributed by atoms with Crippen LogP contribution in [0.4, 0.5) is 13.2 Å². The summed E-state index contributed by atoms with van der Waals surface area (Å²) >= 11 is 0. The molecule has 2 amide bonds. The summed E-state index contributed by atoms with van der Waals surface area (Å²) in [6.07, 6.45) is -3.26. The van der Waals surface area contributed by atoms with Crippen LogP contribution in [0.1, 0.15) is 49.0 Å². The van der Waals surface area contributed by atoms with Gasteiger partial charge in [-0.2, -0.15) is 13.2 Å². The van der Waals surface area contributed by atoms with Crippen molar-refractivity contribution in [3.8, 4) is 0 Å². The number of carbonyl (C=O) groups is 2. The second kappa shape index (κ2) is 8.10. The number of amides is 2. The van der Waals surface area contributed by atoms with Crippen LogP contribution in [0, 0.1) is 5.41 Å². The lowest BCUT2D eigenvalue weighted by atomic mass is 9.81. The predicted octanol–water partition coefficient (Wildman–Crippen LogP) is 2.80. The molecule has 1 fully saturated rings. The van der Waals surface area contributed by atoms with Crippen molar-refractivity contribution in [1.82, 2.24) is 9.62 Å². The molecule has 1 unspecified atom stereocenters. The van der Waals surface area contributed by atoms with E-state index in [1.165, 1.54) is 4.90 Å². The van der Waals surface area contributed by atoms with Gasteiger partial charge in [0.25, 0.3) is 5.91 Å². The summed E-state index contributed by atoms with van der Waals surface area (Å²) in [7, 11) is -3.74. The topological polar surface area (TPSA) is 83.6 Å². The fourth-order valence-corrected chi connectivity index (χ4v) is 4.34. The summed E-state index contributed by atoms with van der Waals surface area (Å²) in [5.74, 6) is -1.35. The van der Waals surface area contributed by atoms with Crippen molar-refractivity contribution in [2.45, 2.75) is 39.3 Å². The minimum Gasteiger partial charge on any atom is -0.338 e. The molecule has 1 saturated heterocycles. The Balaban J connectivity index is 2.13. The molecular weight excluding hydrogens is 397 g/mol. The Kier molecular flexibility index (Phi) is 6.42. The van der Waals surface area contributed by atoms with Crippen molar-refractivity contribution in [3.05, 3.63) is 35.4 Å². The van der Waals surface area contributed by atoms with E-state index in [1.807, 2.05) is 0 Å². The Morgan fingerprint density at radius 3 is 2.36 bits per heavy atom. The van der Waals surface area contributed by atoms with Crippen molar-refractivity contribution in [3.63, 3.8) is 0 Å². The summed E-state index contributed by atoms with van der Waals surface area (Å²) in [4.78, 5) is 26.5. The van der Waals surface area contributed by atoms with Gasteiger partial charge in [-0.05, 0) is 50.5 Å². The van der Waals surface area contributed by atoms with Crippen LogP contribution in [0.2, 0.25) is 0 Å². The third-order valence-corrected chi connectivity index (χ3v) is 6.15. The molecule has 28 heavy (non-hydrogen) atoms. The van der Waals surface area contributed by atoms with Gasteiger partial charge in [0, 0.05) is 18.7 Å². The van der Waals surface area contributed by atoms with Crippen LogP contribution in [0.5, 0.6) is 0 Å². The molecule has 6 nitrogen and oxygen atoms in total. The van der Waals surface area contributed by atoms with Crippen molar-refractivity contribution in [1.29, 1.82) is 0 Å². The second-order valence-electron chi connectivity index (χ2n) is 7.22. The number of halogens is 3. The number of sulfonamides is 1. The summed E-state index contributed by atoms with van der Waals surface area (Å²) in [6, 6.07) is 3.87. The van der Waals surface area contributed by atoms with Gasteiger partial charge in [0.1, 0.15) is 0 Å². The quantitative estimate of drug-likeness (QED) is 0.794. The van der Waals surface area contributed by atoms with E-state index in [2.05, 4.69) is 4.72 Å². The van der Waals surface area contributed by atoms with E-state index < -0.39 is 39.0 Å². The number of benzene rings is 1. The minimum atomic E-state index is -4.49. The number of rotatable bonds is 5. The van der Waals surface area contributed by atoms with Gasteiger partial charge in [0.2, 0.25) is 15.9 Å². The van der Waals surface area contributed by atoms with Crippen LogP contribution in [0.15, 0.2) is 24.3 Å². The maximum atomic E-state index is 12.7. The van der Waals surface area contributed by atoms with Crippen molar-refractivity contribution in [2.24, 2.45) is 5.41 Å². The molecule has 1 heterocycles. The van der Waals surface area contributed by atoms with Crippen LogP contribution in [-0.2, 0) is 21.0 Å². The third-order valence-electron chi connectivity index (χ3n) is 4.71. The molecule has 1 atom stereocenters. The number of piperidine rings is 1. The molecule has 1 aliphatic heterocycles. The van der Waals surface area contributed by atoms with Gasteiger partial charge in [-0.3, -0.25) is 14.3 Å². The van der Waals surface area contributed by atoms with Crippen LogP contribution in [0.3, 0.4) is 0 Å².